The molecule has 0 amide bonds. The minimum Gasteiger partial charge on any atom is -0.497 e. The molecule has 4 aromatic rings. The maximum absolute atomic E-state index is 12.7. The number of hydrogen-bond acceptors (Lipinski definition) is 2. The van der Waals surface area contributed by atoms with Gasteiger partial charge >= 0.3 is 6.36 Å². The standard InChI is InChI=1S/C24H19F3N2O2.CH4/c1-30-21-8-6-20(7-9-21)28-14-10-18(11-15-28)19-12-16-29(17-13-19)22-4-2-3-5-23(22)31-24(25,26)27;/h2-17H,1H3;1H4/q+2;. The second kappa shape index (κ2) is 9.51. The van der Waals surface area contributed by atoms with Gasteiger partial charge in [-0.3, -0.25) is 0 Å². The molecule has 0 aliphatic carbocycles. The van der Waals surface area contributed by atoms with Crippen molar-refractivity contribution < 1.29 is 31.8 Å². The highest BCUT2D eigenvalue weighted by molar-refractivity contribution is 5.61. The number of methoxy groups -OCH3 is 1. The molecule has 0 bridgehead atoms. The minimum absolute atomic E-state index is 0. The van der Waals surface area contributed by atoms with Crippen LogP contribution in [0.15, 0.2) is 97.6 Å². The van der Waals surface area contributed by atoms with Gasteiger partial charge in [-0.05, 0) is 29.3 Å². The largest absolute Gasteiger partial charge is 0.573 e. The Labute approximate surface area is 184 Å². The number of ether oxygens (including phenoxy) is 2. The minimum atomic E-state index is -4.75. The Bertz CT molecular complexity index is 1160. The third kappa shape index (κ3) is 5.24. The van der Waals surface area contributed by atoms with Crippen LogP contribution in [0.4, 0.5) is 13.2 Å². The fourth-order valence-corrected chi connectivity index (χ4v) is 3.21. The quantitative estimate of drug-likeness (QED) is 0.386. The predicted molar refractivity (Wildman–Crippen MR) is 115 cm³/mol. The van der Waals surface area contributed by atoms with Crippen LogP contribution in [0.3, 0.4) is 0 Å². The maximum Gasteiger partial charge on any atom is 0.573 e. The van der Waals surface area contributed by atoms with E-state index in [0.29, 0.717) is 5.69 Å². The Morgan fingerprint density at radius 3 is 1.75 bits per heavy atom. The van der Waals surface area contributed by atoms with Crippen molar-refractivity contribution in [2.75, 3.05) is 7.11 Å². The second-order valence-electron chi connectivity index (χ2n) is 6.70. The molecule has 0 unspecified atom stereocenters. The first-order valence-corrected chi connectivity index (χ1v) is 9.45. The molecule has 0 atom stereocenters. The summed E-state index contributed by atoms with van der Waals surface area (Å²) < 4.78 is 50.9. The smallest absolute Gasteiger partial charge is 0.497 e. The fourth-order valence-electron chi connectivity index (χ4n) is 3.21. The van der Waals surface area contributed by atoms with Gasteiger partial charge in [0.2, 0.25) is 11.4 Å². The van der Waals surface area contributed by atoms with Gasteiger partial charge in [0.15, 0.2) is 24.8 Å². The first kappa shape index (κ1) is 22.8. The van der Waals surface area contributed by atoms with E-state index in [4.69, 9.17) is 4.74 Å². The van der Waals surface area contributed by atoms with Crippen LogP contribution in [-0.2, 0) is 0 Å². The number of rotatable bonds is 5. The van der Waals surface area contributed by atoms with Crippen LogP contribution in [0.1, 0.15) is 7.43 Å². The van der Waals surface area contributed by atoms with Crippen molar-refractivity contribution in [3.63, 3.8) is 0 Å². The molecular formula is C25H23F3N2O2+2. The number of alkyl halides is 3. The highest BCUT2D eigenvalue weighted by Crippen LogP contribution is 2.26. The average Bonchev–Trinajstić information content (AvgIpc) is 2.79. The normalized spacial score (nSPS) is 10.9. The van der Waals surface area contributed by atoms with E-state index in [9.17, 15) is 13.2 Å². The number of para-hydroxylation sites is 2. The van der Waals surface area contributed by atoms with Gasteiger partial charge in [-0.1, -0.05) is 19.6 Å². The third-order valence-electron chi connectivity index (χ3n) is 4.73. The van der Waals surface area contributed by atoms with Crippen molar-refractivity contribution in [2.45, 2.75) is 13.8 Å². The summed E-state index contributed by atoms with van der Waals surface area (Å²) in [5.74, 6) is 0.536. The number of hydrogen-bond donors (Lipinski definition) is 0. The van der Waals surface area contributed by atoms with Gasteiger partial charge in [0.05, 0.1) is 7.11 Å². The lowest BCUT2D eigenvalue weighted by atomic mass is 10.1. The van der Waals surface area contributed by atoms with E-state index in [1.54, 1.807) is 36.2 Å². The van der Waals surface area contributed by atoms with Gasteiger partial charge in [-0.2, -0.15) is 9.13 Å². The van der Waals surface area contributed by atoms with Crippen LogP contribution in [0.5, 0.6) is 11.5 Å². The topological polar surface area (TPSA) is 26.2 Å². The Morgan fingerprint density at radius 2 is 1.22 bits per heavy atom. The van der Waals surface area contributed by atoms with E-state index in [-0.39, 0.29) is 13.2 Å². The number of benzene rings is 2. The molecule has 0 N–H and O–H groups in total. The Kier molecular flexibility index (Phi) is 6.78. The van der Waals surface area contributed by atoms with E-state index >= 15 is 0 Å². The lowest BCUT2D eigenvalue weighted by Crippen LogP contribution is -2.31. The molecule has 0 spiro atoms. The van der Waals surface area contributed by atoms with Gasteiger partial charge in [-0.15, -0.1) is 13.2 Å². The molecule has 2 aromatic heterocycles. The van der Waals surface area contributed by atoms with E-state index < -0.39 is 6.36 Å². The number of aromatic nitrogens is 2. The number of nitrogens with zero attached hydrogens (tertiary/aromatic N) is 2. The summed E-state index contributed by atoms with van der Waals surface area (Å²) in [7, 11) is 1.63. The summed E-state index contributed by atoms with van der Waals surface area (Å²) in [6.45, 7) is 0. The van der Waals surface area contributed by atoms with Crippen LogP contribution in [0, 0.1) is 0 Å². The molecule has 0 aliphatic rings. The molecule has 2 aromatic carbocycles. The van der Waals surface area contributed by atoms with Crippen molar-refractivity contribution in [3.05, 3.63) is 97.6 Å². The Balaban J connectivity index is 0.00000289. The van der Waals surface area contributed by atoms with Crippen LogP contribution < -0.4 is 18.6 Å². The van der Waals surface area contributed by atoms with Crippen LogP contribution in [0.25, 0.3) is 22.5 Å². The predicted octanol–water partition coefficient (Wildman–Crippen LogP) is 5.45. The lowest BCUT2D eigenvalue weighted by molar-refractivity contribution is -0.596. The Morgan fingerprint density at radius 1 is 0.688 bits per heavy atom. The molecule has 4 rings (SSSR count). The summed E-state index contributed by atoms with van der Waals surface area (Å²) in [4.78, 5) is 0. The first-order chi connectivity index (χ1) is 14.9. The molecule has 7 heteroatoms. The van der Waals surface area contributed by atoms with Crippen molar-refractivity contribution >= 4 is 0 Å². The van der Waals surface area contributed by atoms with E-state index in [0.717, 1.165) is 22.6 Å². The highest BCUT2D eigenvalue weighted by atomic mass is 19.4. The van der Waals surface area contributed by atoms with Crippen molar-refractivity contribution in [1.82, 2.24) is 0 Å². The Hall–Kier alpha value is -3.87. The molecule has 0 saturated carbocycles. The SMILES string of the molecule is C.COc1ccc(-[n+]2ccc(-c3cc[n+](-c4ccccc4OC(F)(F)F)cc3)cc2)cc1. The molecule has 0 saturated heterocycles. The highest BCUT2D eigenvalue weighted by Gasteiger charge is 2.33. The van der Waals surface area contributed by atoms with E-state index in [1.165, 1.54) is 12.1 Å². The zero-order valence-electron chi connectivity index (χ0n) is 16.6. The first-order valence-electron chi connectivity index (χ1n) is 9.45. The van der Waals surface area contributed by atoms with Gasteiger partial charge in [0.25, 0.3) is 5.69 Å². The molecule has 164 valence electrons. The van der Waals surface area contributed by atoms with E-state index in [1.807, 2.05) is 65.5 Å². The van der Waals surface area contributed by atoms with Gasteiger partial charge in [-0.25, -0.2) is 0 Å². The molecule has 32 heavy (non-hydrogen) atoms. The molecule has 4 nitrogen and oxygen atoms in total. The molecule has 0 aliphatic heterocycles. The van der Waals surface area contributed by atoms with Crippen LogP contribution in [0.2, 0.25) is 0 Å². The van der Waals surface area contributed by atoms with Crippen LogP contribution >= 0.6 is 0 Å². The van der Waals surface area contributed by atoms with Crippen molar-refractivity contribution in [3.8, 4) is 34.0 Å². The van der Waals surface area contributed by atoms with Crippen molar-refractivity contribution in [1.29, 1.82) is 0 Å². The third-order valence-corrected chi connectivity index (χ3v) is 4.73. The van der Waals surface area contributed by atoms with Gasteiger partial charge in [0.1, 0.15) is 5.75 Å². The van der Waals surface area contributed by atoms with Crippen LogP contribution in [-0.4, -0.2) is 13.5 Å². The lowest BCUT2D eigenvalue weighted by Gasteiger charge is -2.09. The average molecular weight is 440 g/mol. The molecular weight excluding hydrogens is 417 g/mol. The molecule has 2 heterocycles. The maximum atomic E-state index is 12.7. The number of halogens is 3. The summed E-state index contributed by atoms with van der Waals surface area (Å²) in [5.41, 5.74) is 3.22. The fraction of sp³-hybridized carbons (Fsp3) is 0.120. The molecule has 0 fully saturated rings. The zero-order valence-corrected chi connectivity index (χ0v) is 16.6. The number of pyridine rings is 2. The molecule has 0 radical (unpaired) electrons. The second-order valence-corrected chi connectivity index (χ2v) is 6.70. The summed E-state index contributed by atoms with van der Waals surface area (Å²) in [5, 5.41) is 0. The van der Waals surface area contributed by atoms with E-state index in [2.05, 4.69) is 4.74 Å². The summed E-state index contributed by atoms with van der Waals surface area (Å²) in [6.07, 6.45) is 2.56. The summed E-state index contributed by atoms with van der Waals surface area (Å²) >= 11 is 0. The van der Waals surface area contributed by atoms with Gasteiger partial charge in [0, 0.05) is 42.5 Å². The van der Waals surface area contributed by atoms with Crippen molar-refractivity contribution in [2.24, 2.45) is 0 Å². The van der Waals surface area contributed by atoms with Gasteiger partial charge < -0.3 is 9.47 Å². The monoisotopic (exact) mass is 440 g/mol. The zero-order chi connectivity index (χ0) is 21.8. The summed E-state index contributed by atoms with van der Waals surface area (Å²) in [6, 6.07) is 21.4.